The summed E-state index contributed by atoms with van der Waals surface area (Å²) < 4.78 is 5.88. The minimum absolute atomic E-state index is 0.0413. The Bertz CT molecular complexity index is 1160. The minimum atomic E-state index is -0.563. The van der Waals surface area contributed by atoms with Crippen LogP contribution in [0.4, 0.5) is 0 Å². The topological polar surface area (TPSA) is 78.9 Å². The smallest absolute Gasteiger partial charge is 0.258 e. The molecule has 3 aromatic rings. The molecule has 0 aromatic heterocycles. The van der Waals surface area contributed by atoms with Crippen LogP contribution in [0.1, 0.15) is 42.6 Å². The van der Waals surface area contributed by atoms with Crippen LogP contribution in [-0.2, 0) is 11.3 Å². The lowest BCUT2D eigenvalue weighted by molar-refractivity contribution is -0.125. The zero-order chi connectivity index (χ0) is 23.4. The standard InChI is InChI=1S/C27H30N2O4/c1-18(2)17-33-24-12-6-4-9-20(24)16-28-26(31)23-11-7-15-29(23)27(32)22-14-13-19-8-3-5-10-21(19)25(22)30/h3-6,8-10,12-14,18,23,30H,7,11,15-17H2,1-2H3,(H,28,31). The van der Waals surface area contributed by atoms with Gasteiger partial charge >= 0.3 is 0 Å². The summed E-state index contributed by atoms with van der Waals surface area (Å²) in [4.78, 5) is 27.9. The van der Waals surface area contributed by atoms with Gasteiger partial charge in [-0.25, -0.2) is 0 Å². The fourth-order valence-electron chi connectivity index (χ4n) is 4.21. The number of phenols is 1. The number of carbonyl (C=O) groups is 2. The van der Waals surface area contributed by atoms with Crippen molar-refractivity contribution in [2.75, 3.05) is 13.2 Å². The van der Waals surface area contributed by atoms with Gasteiger partial charge in [-0.2, -0.15) is 0 Å². The van der Waals surface area contributed by atoms with Crippen LogP contribution in [0, 0.1) is 5.92 Å². The van der Waals surface area contributed by atoms with E-state index in [1.807, 2.05) is 48.5 Å². The van der Waals surface area contributed by atoms with Crippen molar-refractivity contribution in [3.8, 4) is 11.5 Å². The van der Waals surface area contributed by atoms with Crippen molar-refractivity contribution in [1.29, 1.82) is 0 Å². The first kappa shape index (κ1) is 22.6. The van der Waals surface area contributed by atoms with Gasteiger partial charge in [0.05, 0.1) is 12.2 Å². The van der Waals surface area contributed by atoms with E-state index in [1.54, 1.807) is 17.0 Å². The maximum atomic E-state index is 13.3. The summed E-state index contributed by atoms with van der Waals surface area (Å²) in [7, 11) is 0. The molecule has 1 heterocycles. The van der Waals surface area contributed by atoms with Crippen molar-refractivity contribution in [2.24, 2.45) is 5.92 Å². The molecule has 1 fully saturated rings. The molecule has 1 aliphatic heterocycles. The number of nitrogens with one attached hydrogen (secondary N) is 1. The van der Waals surface area contributed by atoms with Gasteiger partial charge in [0.25, 0.3) is 5.91 Å². The van der Waals surface area contributed by atoms with Gasteiger partial charge in [0.15, 0.2) is 0 Å². The Balaban J connectivity index is 1.46. The number of carbonyl (C=O) groups excluding carboxylic acids is 2. The maximum Gasteiger partial charge on any atom is 0.258 e. The highest BCUT2D eigenvalue weighted by molar-refractivity contribution is 6.05. The molecule has 6 nitrogen and oxygen atoms in total. The van der Waals surface area contributed by atoms with Crippen LogP contribution in [0.15, 0.2) is 60.7 Å². The summed E-state index contributed by atoms with van der Waals surface area (Å²) in [5, 5.41) is 15.2. The number of ether oxygens (including phenoxy) is 1. The van der Waals surface area contributed by atoms with Gasteiger partial charge in [-0.05, 0) is 36.3 Å². The van der Waals surface area contributed by atoms with Crippen LogP contribution in [0.2, 0.25) is 0 Å². The van der Waals surface area contributed by atoms with Gasteiger partial charge in [-0.1, -0.05) is 62.4 Å². The van der Waals surface area contributed by atoms with Crippen molar-refractivity contribution in [2.45, 2.75) is 39.3 Å². The monoisotopic (exact) mass is 446 g/mol. The molecular weight excluding hydrogens is 416 g/mol. The molecule has 4 rings (SSSR count). The van der Waals surface area contributed by atoms with E-state index in [0.29, 0.717) is 37.4 Å². The zero-order valence-electron chi connectivity index (χ0n) is 19.1. The molecule has 0 spiro atoms. The summed E-state index contributed by atoms with van der Waals surface area (Å²) in [6, 6.07) is 17.9. The fourth-order valence-corrected chi connectivity index (χ4v) is 4.21. The molecule has 1 aliphatic rings. The minimum Gasteiger partial charge on any atom is -0.506 e. The molecule has 2 amide bonds. The van der Waals surface area contributed by atoms with Gasteiger partial charge < -0.3 is 20.1 Å². The Morgan fingerprint density at radius 1 is 1.09 bits per heavy atom. The highest BCUT2D eigenvalue weighted by Gasteiger charge is 2.35. The number of para-hydroxylation sites is 1. The molecule has 0 saturated carbocycles. The van der Waals surface area contributed by atoms with E-state index in [4.69, 9.17) is 4.74 Å². The van der Waals surface area contributed by atoms with Crippen molar-refractivity contribution < 1.29 is 19.4 Å². The number of rotatable bonds is 7. The molecule has 1 unspecified atom stereocenters. The average molecular weight is 447 g/mol. The van der Waals surface area contributed by atoms with Crippen LogP contribution in [-0.4, -0.2) is 41.0 Å². The molecule has 0 radical (unpaired) electrons. The van der Waals surface area contributed by atoms with Crippen molar-refractivity contribution >= 4 is 22.6 Å². The lowest BCUT2D eigenvalue weighted by Gasteiger charge is -2.25. The predicted octanol–water partition coefficient (Wildman–Crippen LogP) is 4.50. The van der Waals surface area contributed by atoms with Crippen LogP contribution in [0.3, 0.4) is 0 Å². The van der Waals surface area contributed by atoms with Gasteiger partial charge in [0.2, 0.25) is 5.91 Å². The van der Waals surface area contributed by atoms with Gasteiger partial charge in [-0.3, -0.25) is 9.59 Å². The Morgan fingerprint density at radius 2 is 1.85 bits per heavy atom. The Labute approximate surface area is 194 Å². The number of nitrogens with zero attached hydrogens (tertiary/aromatic N) is 1. The highest BCUT2D eigenvalue weighted by atomic mass is 16.5. The first-order valence-corrected chi connectivity index (χ1v) is 11.5. The van der Waals surface area contributed by atoms with E-state index in [2.05, 4.69) is 19.2 Å². The molecule has 1 saturated heterocycles. The summed E-state index contributed by atoms with van der Waals surface area (Å²) in [6.45, 7) is 5.59. The molecule has 33 heavy (non-hydrogen) atoms. The van der Waals surface area contributed by atoms with E-state index in [-0.39, 0.29) is 23.1 Å². The third-order valence-corrected chi connectivity index (χ3v) is 5.95. The van der Waals surface area contributed by atoms with E-state index < -0.39 is 6.04 Å². The third-order valence-electron chi connectivity index (χ3n) is 5.95. The quantitative estimate of drug-likeness (QED) is 0.560. The molecule has 3 aromatic carbocycles. The van der Waals surface area contributed by atoms with Gasteiger partial charge in [0, 0.05) is 24.0 Å². The van der Waals surface area contributed by atoms with Crippen molar-refractivity contribution in [3.63, 3.8) is 0 Å². The number of phenolic OH excluding ortho intramolecular Hbond substituents is 1. The number of likely N-dealkylation sites (tertiary alicyclic amines) is 1. The van der Waals surface area contributed by atoms with Crippen LogP contribution >= 0.6 is 0 Å². The van der Waals surface area contributed by atoms with Gasteiger partial charge in [0.1, 0.15) is 17.5 Å². The number of hydrogen-bond acceptors (Lipinski definition) is 4. The average Bonchev–Trinajstić information content (AvgIpc) is 3.32. The lowest BCUT2D eigenvalue weighted by Crippen LogP contribution is -2.45. The second kappa shape index (κ2) is 9.94. The zero-order valence-corrected chi connectivity index (χ0v) is 19.1. The number of amides is 2. The molecule has 0 bridgehead atoms. The summed E-state index contributed by atoms with van der Waals surface area (Å²) in [6.07, 6.45) is 1.34. The predicted molar refractivity (Wildman–Crippen MR) is 128 cm³/mol. The normalized spacial score (nSPS) is 15.7. The SMILES string of the molecule is CC(C)COc1ccccc1CNC(=O)C1CCCN1C(=O)c1ccc2ccccc2c1O. The lowest BCUT2D eigenvalue weighted by atomic mass is 10.0. The summed E-state index contributed by atoms with van der Waals surface area (Å²) in [5.41, 5.74) is 1.12. The van der Waals surface area contributed by atoms with E-state index in [9.17, 15) is 14.7 Å². The Kier molecular flexibility index (Phi) is 6.82. The van der Waals surface area contributed by atoms with Crippen molar-refractivity contribution in [1.82, 2.24) is 10.2 Å². The van der Waals surface area contributed by atoms with Crippen molar-refractivity contribution in [3.05, 3.63) is 71.8 Å². The highest BCUT2D eigenvalue weighted by Crippen LogP contribution is 2.31. The second-order valence-corrected chi connectivity index (χ2v) is 8.87. The van der Waals surface area contributed by atoms with Gasteiger partial charge in [-0.15, -0.1) is 0 Å². The van der Waals surface area contributed by atoms with Crippen LogP contribution < -0.4 is 10.1 Å². The molecule has 1 atom stereocenters. The van der Waals surface area contributed by atoms with Crippen LogP contribution in [0.25, 0.3) is 10.8 Å². The molecule has 0 aliphatic carbocycles. The second-order valence-electron chi connectivity index (χ2n) is 8.87. The largest absolute Gasteiger partial charge is 0.506 e. The molecular formula is C27H30N2O4. The van der Waals surface area contributed by atoms with E-state index in [0.717, 1.165) is 23.1 Å². The number of benzene rings is 3. The first-order valence-electron chi connectivity index (χ1n) is 11.5. The Hall–Kier alpha value is -3.54. The Morgan fingerprint density at radius 3 is 2.67 bits per heavy atom. The summed E-state index contributed by atoms with van der Waals surface area (Å²) >= 11 is 0. The molecule has 2 N–H and O–H groups in total. The molecule has 6 heteroatoms. The summed E-state index contributed by atoms with van der Waals surface area (Å²) in [5.74, 6) is 0.598. The fraction of sp³-hybridized carbons (Fsp3) is 0.333. The number of hydrogen-bond donors (Lipinski definition) is 2. The third kappa shape index (κ3) is 4.95. The van der Waals surface area contributed by atoms with E-state index in [1.165, 1.54) is 0 Å². The first-order chi connectivity index (χ1) is 16.0. The number of aromatic hydroxyl groups is 1. The van der Waals surface area contributed by atoms with Crippen LogP contribution in [0.5, 0.6) is 11.5 Å². The van der Waals surface area contributed by atoms with E-state index >= 15 is 0 Å². The molecule has 172 valence electrons. The number of fused-ring (bicyclic) bond motifs is 1. The maximum absolute atomic E-state index is 13.3.